The Morgan fingerprint density at radius 3 is 3.00 bits per heavy atom. The predicted molar refractivity (Wildman–Crippen MR) is 56.5 cm³/mol. The predicted octanol–water partition coefficient (Wildman–Crippen LogP) is -0.337. The second-order valence-corrected chi connectivity index (χ2v) is 4.11. The summed E-state index contributed by atoms with van der Waals surface area (Å²) in [7, 11) is 2.14. The van der Waals surface area contributed by atoms with Gasteiger partial charge in [-0.25, -0.2) is 0 Å². The van der Waals surface area contributed by atoms with Crippen molar-refractivity contribution in [1.29, 1.82) is 0 Å². The van der Waals surface area contributed by atoms with Gasteiger partial charge in [-0.05, 0) is 25.9 Å². The van der Waals surface area contributed by atoms with Gasteiger partial charge in [0.2, 0.25) is 0 Å². The van der Waals surface area contributed by atoms with E-state index in [1.807, 2.05) is 0 Å². The number of nitrogens with one attached hydrogen (secondary N) is 1. The fourth-order valence-corrected chi connectivity index (χ4v) is 1.93. The number of oxime groups is 1. The number of hydrogen-bond acceptors (Lipinski definition) is 4. The van der Waals surface area contributed by atoms with Crippen LogP contribution >= 0.6 is 0 Å². The van der Waals surface area contributed by atoms with Crippen molar-refractivity contribution in [3.8, 4) is 0 Å². The first-order valence-electron chi connectivity index (χ1n) is 5.01. The van der Waals surface area contributed by atoms with Gasteiger partial charge in [0, 0.05) is 12.6 Å². The van der Waals surface area contributed by atoms with Gasteiger partial charge in [0.25, 0.3) is 0 Å². The molecule has 0 aromatic carbocycles. The van der Waals surface area contributed by atoms with Crippen LogP contribution in [0.2, 0.25) is 0 Å². The Labute approximate surface area is 84.9 Å². The molecule has 0 saturated carbocycles. The standard InChI is InChI=1S/C9H20N4O/c1-7-6-13(2)4-3-8(7)11-5-9(10)12-14/h7-8,11,14H,3-6H2,1-2H3,(H2,10,12). The molecule has 1 saturated heterocycles. The molecular weight excluding hydrogens is 180 g/mol. The molecular formula is C9H20N4O. The second kappa shape index (κ2) is 5.17. The SMILES string of the molecule is CC1CN(C)CCC1NCC(N)=NO. The zero-order valence-electron chi connectivity index (χ0n) is 8.90. The van der Waals surface area contributed by atoms with E-state index in [2.05, 4.69) is 29.3 Å². The largest absolute Gasteiger partial charge is 0.409 e. The molecule has 5 heteroatoms. The monoisotopic (exact) mass is 200 g/mol. The number of amidine groups is 1. The molecule has 5 nitrogen and oxygen atoms in total. The maximum atomic E-state index is 8.39. The lowest BCUT2D eigenvalue weighted by Crippen LogP contribution is -2.48. The Bertz CT molecular complexity index is 207. The van der Waals surface area contributed by atoms with Crippen molar-refractivity contribution in [2.75, 3.05) is 26.7 Å². The van der Waals surface area contributed by atoms with Gasteiger partial charge >= 0.3 is 0 Å². The van der Waals surface area contributed by atoms with Crippen molar-refractivity contribution < 1.29 is 5.21 Å². The first-order valence-corrected chi connectivity index (χ1v) is 5.01. The zero-order valence-corrected chi connectivity index (χ0v) is 8.90. The maximum Gasteiger partial charge on any atom is 0.153 e. The molecule has 0 aromatic rings. The molecule has 1 rings (SSSR count). The minimum Gasteiger partial charge on any atom is -0.409 e. The highest BCUT2D eigenvalue weighted by molar-refractivity contribution is 5.81. The van der Waals surface area contributed by atoms with Crippen LogP contribution in [0, 0.1) is 5.92 Å². The van der Waals surface area contributed by atoms with E-state index < -0.39 is 0 Å². The summed E-state index contributed by atoms with van der Waals surface area (Å²) in [6.45, 7) is 4.90. The van der Waals surface area contributed by atoms with Crippen molar-refractivity contribution in [3.63, 3.8) is 0 Å². The summed E-state index contributed by atoms with van der Waals surface area (Å²) < 4.78 is 0. The van der Waals surface area contributed by atoms with Crippen molar-refractivity contribution >= 4 is 5.84 Å². The Kier molecular flexibility index (Phi) is 4.16. The summed E-state index contributed by atoms with van der Waals surface area (Å²) in [6, 6.07) is 0.478. The summed E-state index contributed by atoms with van der Waals surface area (Å²) in [5, 5.41) is 14.6. The van der Waals surface area contributed by atoms with Gasteiger partial charge in [0.05, 0.1) is 6.54 Å². The molecule has 0 radical (unpaired) electrons. The Balaban J connectivity index is 2.31. The highest BCUT2D eigenvalue weighted by Gasteiger charge is 2.23. The van der Waals surface area contributed by atoms with E-state index in [0.29, 0.717) is 18.5 Å². The highest BCUT2D eigenvalue weighted by atomic mass is 16.4. The number of piperidine rings is 1. The fraction of sp³-hybridized carbons (Fsp3) is 0.889. The minimum absolute atomic E-state index is 0.246. The summed E-state index contributed by atoms with van der Waals surface area (Å²) >= 11 is 0. The van der Waals surface area contributed by atoms with E-state index in [1.165, 1.54) is 0 Å². The van der Waals surface area contributed by atoms with Crippen LogP contribution in [-0.4, -0.2) is 48.7 Å². The Hall–Kier alpha value is -0.810. The summed E-state index contributed by atoms with van der Waals surface area (Å²) in [5.74, 6) is 0.858. The number of nitrogens with zero attached hydrogens (tertiary/aromatic N) is 2. The van der Waals surface area contributed by atoms with Crippen LogP contribution in [0.4, 0.5) is 0 Å². The second-order valence-electron chi connectivity index (χ2n) is 4.11. The van der Waals surface area contributed by atoms with Crippen LogP contribution in [0.25, 0.3) is 0 Å². The molecule has 14 heavy (non-hydrogen) atoms. The number of rotatable bonds is 3. The quantitative estimate of drug-likeness (QED) is 0.252. The molecule has 0 bridgehead atoms. The van der Waals surface area contributed by atoms with Crippen LogP contribution in [0.1, 0.15) is 13.3 Å². The molecule has 0 spiro atoms. The topological polar surface area (TPSA) is 73.9 Å². The highest BCUT2D eigenvalue weighted by Crippen LogP contribution is 2.14. The average Bonchev–Trinajstić information content (AvgIpc) is 2.16. The van der Waals surface area contributed by atoms with E-state index in [9.17, 15) is 0 Å². The summed E-state index contributed by atoms with van der Waals surface area (Å²) in [4.78, 5) is 2.33. The van der Waals surface area contributed by atoms with Crippen LogP contribution in [0.5, 0.6) is 0 Å². The summed E-state index contributed by atoms with van der Waals surface area (Å²) in [5.41, 5.74) is 5.39. The lowest BCUT2D eigenvalue weighted by molar-refractivity contribution is 0.178. The van der Waals surface area contributed by atoms with Crippen molar-refractivity contribution in [1.82, 2.24) is 10.2 Å². The first kappa shape index (κ1) is 11.3. The summed E-state index contributed by atoms with van der Waals surface area (Å²) in [6.07, 6.45) is 1.12. The normalized spacial score (nSPS) is 30.6. The van der Waals surface area contributed by atoms with E-state index in [1.54, 1.807) is 0 Å². The van der Waals surface area contributed by atoms with E-state index in [0.717, 1.165) is 19.5 Å². The minimum atomic E-state index is 0.246. The smallest absolute Gasteiger partial charge is 0.153 e. The molecule has 1 heterocycles. The molecule has 2 unspecified atom stereocenters. The lowest BCUT2D eigenvalue weighted by atomic mass is 9.94. The lowest BCUT2D eigenvalue weighted by Gasteiger charge is -2.35. The Morgan fingerprint density at radius 2 is 2.43 bits per heavy atom. The van der Waals surface area contributed by atoms with E-state index in [-0.39, 0.29) is 5.84 Å². The van der Waals surface area contributed by atoms with Crippen LogP contribution in [0.15, 0.2) is 5.16 Å². The molecule has 1 aliphatic rings. The molecule has 1 fully saturated rings. The molecule has 82 valence electrons. The van der Waals surface area contributed by atoms with Crippen LogP contribution in [0.3, 0.4) is 0 Å². The van der Waals surface area contributed by atoms with Gasteiger partial charge in [0.1, 0.15) is 0 Å². The van der Waals surface area contributed by atoms with Gasteiger partial charge in [-0.15, -0.1) is 0 Å². The number of nitrogens with two attached hydrogens (primary N) is 1. The number of likely N-dealkylation sites (tertiary alicyclic amines) is 1. The first-order chi connectivity index (χ1) is 6.63. The third-order valence-corrected chi connectivity index (χ3v) is 2.78. The van der Waals surface area contributed by atoms with Gasteiger partial charge < -0.3 is 21.2 Å². The molecule has 0 aliphatic carbocycles. The van der Waals surface area contributed by atoms with E-state index >= 15 is 0 Å². The molecule has 0 amide bonds. The third kappa shape index (κ3) is 3.16. The maximum absolute atomic E-state index is 8.39. The van der Waals surface area contributed by atoms with Gasteiger partial charge in [-0.3, -0.25) is 0 Å². The Morgan fingerprint density at radius 1 is 1.71 bits per heavy atom. The molecule has 0 aromatic heterocycles. The van der Waals surface area contributed by atoms with Gasteiger partial charge in [-0.1, -0.05) is 12.1 Å². The van der Waals surface area contributed by atoms with Crippen LogP contribution in [-0.2, 0) is 0 Å². The van der Waals surface area contributed by atoms with Gasteiger partial charge in [0.15, 0.2) is 5.84 Å². The molecule has 1 aliphatic heterocycles. The zero-order chi connectivity index (χ0) is 10.6. The fourth-order valence-electron chi connectivity index (χ4n) is 1.93. The third-order valence-electron chi connectivity index (χ3n) is 2.78. The van der Waals surface area contributed by atoms with Crippen molar-refractivity contribution in [2.24, 2.45) is 16.8 Å². The molecule has 4 N–H and O–H groups in total. The molecule has 2 atom stereocenters. The van der Waals surface area contributed by atoms with Crippen LogP contribution < -0.4 is 11.1 Å². The van der Waals surface area contributed by atoms with Gasteiger partial charge in [-0.2, -0.15) is 0 Å². The van der Waals surface area contributed by atoms with E-state index in [4.69, 9.17) is 10.9 Å². The number of hydrogen-bond donors (Lipinski definition) is 3. The van der Waals surface area contributed by atoms with Crippen molar-refractivity contribution in [3.05, 3.63) is 0 Å². The van der Waals surface area contributed by atoms with Crippen molar-refractivity contribution in [2.45, 2.75) is 19.4 Å². The average molecular weight is 200 g/mol.